The minimum absolute atomic E-state index is 0.0426. The molecule has 17 heavy (non-hydrogen) atoms. The van der Waals surface area contributed by atoms with Crippen LogP contribution in [-0.2, 0) is 0 Å². The van der Waals surface area contributed by atoms with Crippen LogP contribution in [0, 0.1) is 0 Å². The van der Waals surface area contributed by atoms with Gasteiger partial charge in [0.1, 0.15) is 11.9 Å². The van der Waals surface area contributed by atoms with Crippen molar-refractivity contribution in [2.75, 3.05) is 25.0 Å². The molecule has 1 unspecified atom stereocenters. The Kier molecular flexibility index (Phi) is 3.33. The molecule has 1 aliphatic heterocycles. The zero-order valence-corrected chi connectivity index (χ0v) is 10.3. The molecule has 0 spiro atoms. The van der Waals surface area contributed by atoms with Crippen molar-refractivity contribution in [3.8, 4) is 5.75 Å². The fourth-order valence-corrected chi connectivity index (χ4v) is 2.04. The SMILES string of the molecule is CCC1CN(C)c2cc(C(=O)CN)ccc2O1. The van der Waals surface area contributed by atoms with Gasteiger partial charge in [0.05, 0.1) is 18.8 Å². The number of Topliss-reactive ketones (excluding diaryl/α,β-unsaturated/α-hetero) is 1. The number of nitrogens with zero attached hydrogens (tertiary/aromatic N) is 1. The highest BCUT2D eigenvalue weighted by molar-refractivity contribution is 5.98. The third kappa shape index (κ3) is 2.26. The normalized spacial score (nSPS) is 18.5. The number of fused-ring (bicyclic) bond motifs is 1. The molecule has 0 aromatic heterocycles. The van der Waals surface area contributed by atoms with Crippen LogP contribution in [0.5, 0.6) is 5.75 Å². The summed E-state index contributed by atoms with van der Waals surface area (Å²) >= 11 is 0. The molecule has 4 nitrogen and oxygen atoms in total. The van der Waals surface area contributed by atoms with Gasteiger partial charge in [0, 0.05) is 12.6 Å². The second-order valence-corrected chi connectivity index (χ2v) is 4.34. The van der Waals surface area contributed by atoms with Crippen molar-refractivity contribution < 1.29 is 9.53 Å². The van der Waals surface area contributed by atoms with E-state index in [1.807, 2.05) is 19.2 Å². The van der Waals surface area contributed by atoms with E-state index in [2.05, 4.69) is 11.8 Å². The first-order valence-electron chi connectivity index (χ1n) is 5.90. The number of anilines is 1. The minimum Gasteiger partial charge on any atom is -0.486 e. The molecule has 2 N–H and O–H groups in total. The number of carbonyl (C=O) groups is 1. The molecular weight excluding hydrogens is 216 g/mol. The lowest BCUT2D eigenvalue weighted by Crippen LogP contribution is -2.37. The second-order valence-electron chi connectivity index (χ2n) is 4.34. The number of hydrogen-bond acceptors (Lipinski definition) is 4. The van der Waals surface area contributed by atoms with E-state index in [0.29, 0.717) is 5.56 Å². The van der Waals surface area contributed by atoms with Crippen LogP contribution in [0.4, 0.5) is 5.69 Å². The average Bonchev–Trinajstić information content (AvgIpc) is 2.37. The van der Waals surface area contributed by atoms with Crippen molar-refractivity contribution in [3.63, 3.8) is 0 Å². The Morgan fingerprint density at radius 3 is 3.00 bits per heavy atom. The van der Waals surface area contributed by atoms with Gasteiger partial charge < -0.3 is 15.4 Å². The first-order chi connectivity index (χ1) is 8.15. The Labute approximate surface area is 101 Å². The van der Waals surface area contributed by atoms with Crippen LogP contribution in [0.2, 0.25) is 0 Å². The Bertz CT molecular complexity index is 431. The summed E-state index contributed by atoms with van der Waals surface area (Å²) in [5.74, 6) is 0.804. The molecule has 0 saturated carbocycles. The van der Waals surface area contributed by atoms with Gasteiger partial charge in [-0.15, -0.1) is 0 Å². The zero-order chi connectivity index (χ0) is 12.4. The predicted molar refractivity (Wildman–Crippen MR) is 67.8 cm³/mol. The standard InChI is InChI=1S/C13H18N2O2/c1-3-10-8-15(2)11-6-9(12(16)7-14)4-5-13(11)17-10/h4-6,10H,3,7-8,14H2,1-2H3. The summed E-state index contributed by atoms with van der Waals surface area (Å²) in [5.41, 5.74) is 6.98. The average molecular weight is 234 g/mol. The van der Waals surface area contributed by atoms with Gasteiger partial charge in [0.2, 0.25) is 0 Å². The number of likely N-dealkylation sites (N-methyl/N-ethyl adjacent to an activating group) is 1. The quantitative estimate of drug-likeness (QED) is 0.804. The van der Waals surface area contributed by atoms with E-state index < -0.39 is 0 Å². The van der Waals surface area contributed by atoms with E-state index in [1.165, 1.54) is 0 Å². The number of rotatable bonds is 3. The van der Waals surface area contributed by atoms with Gasteiger partial charge in [-0.2, -0.15) is 0 Å². The highest BCUT2D eigenvalue weighted by Gasteiger charge is 2.22. The third-order valence-corrected chi connectivity index (χ3v) is 3.10. The summed E-state index contributed by atoms with van der Waals surface area (Å²) in [6, 6.07) is 5.49. The molecule has 2 rings (SSSR count). The van der Waals surface area contributed by atoms with Gasteiger partial charge in [-0.25, -0.2) is 0 Å². The first-order valence-corrected chi connectivity index (χ1v) is 5.90. The molecule has 1 atom stereocenters. The summed E-state index contributed by atoms with van der Waals surface area (Å²) in [5, 5.41) is 0. The summed E-state index contributed by atoms with van der Waals surface area (Å²) in [6.07, 6.45) is 1.20. The van der Waals surface area contributed by atoms with Crippen molar-refractivity contribution in [3.05, 3.63) is 23.8 Å². The number of carbonyl (C=O) groups excluding carboxylic acids is 1. The van der Waals surface area contributed by atoms with E-state index in [4.69, 9.17) is 10.5 Å². The molecule has 0 bridgehead atoms. The third-order valence-electron chi connectivity index (χ3n) is 3.10. The Balaban J connectivity index is 2.33. The lowest BCUT2D eigenvalue weighted by Gasteiger charge is -2.33. The number of benzene rings is 1. The monoisotopic (exact) mass is 234 g/mol. The van der Waals surface area contributed by atoms with Crippen LogP contribution in [0.1, 0.15) is 23.7 Å². The Hall–Kier alpha value is -1.55. The molecule has 1 aliphatic rings. The van der Waals surface area contributed by atoms with Crippen LogP contribution >= 0.6 is 0 Å². The van der Waals surface area contributed by atoms with Crippen LogP contribution in [0.25, 0.3) is 0 Å². The minimum atomic E-state index is -0.0428. The molecule has 0 fully saturated rings. The van der Waals surface area contributed by atoms with Gasteiger partial charge >= 0.3 is 0 Å². The van der Waals surface area contributed by atoms with E-state index in [1.54, 1.807) is 6.07 Å². The number of ketones is 1. The molecule has 1 heterocycles. The van der Waals surface area contributed by atoms with E-state index in [-0.39, 0.29) is 18.4 Å². The van der Waals surface area contributed by atoms with Crippen molar-refractivity contribution in [2.45, 2.75) is 19.4 Å². The Morgan fingerprint density at radius 2 is 2.35 bits per heavy atom. The van der Waals surface area contributed by atoms with Gasteiger partial charge in [-0.05, 0) is 24.6 Å². The van der Waals surface area contributed by atoms with Crippen LogP contribution in [0.15, 0.2) is 18.2 Å². The first kappa shape index (κ1) is 11.9. The molecule has 92 valence electrons. The fraction of sp³-hybridized carbons (Fsp3) is 0.462. The maximum atomic E-state index is 11.5. The van der Waals surface area contributed by atoms with Gasteiger partial charge in [0.25, 0.3) is 0 Å². The lowest BCUT2D eigenvalue weighted by atomic mass is 10.1. The number of nitrogens with two attached hydrogens (primary N) is 1. The van der Waals surface area contributed by atoms with Crippen molar-refractivity contribution in [1.82, 2.24) is 0 Å². The largest absolute Gasteiger partial charge is 0.486 e. The van der Waals surface area contributed by atoms with E-state index >= 15 is 0 Å². The van der Waals surface area contributed by atoms with Crippen molar-refractivity contribution >= 4 is 11.5 Å². The fourth-order valence-electron chi connectivity index (χ4n) is 2.04. The second kappa shape index (κ2) is 4.75. The van der Waals surface area contributed by atoms with Gasteiger partial charge in [0.15, 0.2) is 5.78 Å². The molecule has 1 aromatic rings. The van der Waals surface area contributed by atoms with E-state index in [0.717, 1.165) is 24.4 Å². The summed E-state index contributed by atoms with van der Waals surface area (Å²) in [7, 11) is 2.01. The zero-order valence-electron chi connectivity index (χ0n) is 10.3. The van der Waals surface area contributed by atoms with Crippen LogP contribution in [0.3, 0.4) is 0 Å². The van der Waals surface area contributed by atoms with Crippen LogP contribution in [-0.4, -0.2) is 32.0 Å². The molecule has 0 aliphatic carbocycles. The molecule has 0 radical (unpaired) electrons. The smallest absolute Gasteiger partial charge is 0.176 e. The Morgan fingerprint density at radius 1 is 1.59 bits per heavy atom. The maximum Gasteiger partial charge on any atom is 0.176 e. The summed E-state index contributed by atoms with van der Waals surface area (Å²) in [4.78, 5) is 13.7. The van der Waals surface area contributed by atoms with Gasteiger partial charge in [-0.1, -0.05) is 6.92 Å². The highest BCUT2D eigenvalue weighted by Crippen LogP contribution is 2.33. The topological polar surface area (TPSA) is 55.6 Å². The summed E-state index contributed by atoms with van der Waals surface area (Å²) < 4.78 is 5.84. The molecular formula is C13H18N2O2. The number of hydrogen-bond donors (Lipinski definition) is 1. The number of ether oxygens (including phenoxy) is 1. The summed E-state index contributed by atoms with van der Waals surface area (Å²) in [6.45, 7) is 3.00. The molecule has 4 heteroatoms. The van der Waals surface area contributed by atoms with Crippen molar-refractivity contribution in [2.24, 2.45) is 5.73 Å². The predicted octanol–water partition coefficient (Wildman–Crippen LogP) is 1.44. The van der Waals surface area contributed by atoms with Crippen molar-refractivity contribution in [1.29, 1.82) is 0 Å². The molecule has 0 amide bonds. The van der Waals surface area contributed by atoms with Crippen LogP contribution < -0.4 is 15.4 Å². The maximum absolute atomic E-state index is 11.5. The van der Waals surface area contributed by atoms with Gasteiger partial charge in [-0.3, -0.25) is 4.79 Å². The lowest BCUT2D eigenvalue weighted by molar-refractivity contribution is 0.100. The molecule has 1 aromatic carbocycles. The highest BCUT2D eigenvalue weighted by atomic mass is 16.5. The molecule has 0 saturated heterocycles. The van der Waals surface area contributed by atoms with E-state index in [9.17, 15) is 4.79 Å².